The van der Waals surface area contributed by atoms with Crippen LogP contribution in [0.15, 0.2) is 29.1 Å². The van der Waals surface area contributed by atoms with Gasteiger partial charge in [-0.2, -0.15) is 0 Å². The van der Waals surface area contributed by atoms with Crippen molar-refractivity contribution in [2.24, 2.45) is 0 Å². The Morgan fingerprint density at radius 1 is 1.54 bits per heavy atom. The SMILES string of the molecule is C=C(Br)SC(=C)c1ccc(C=O)s1. The highest BCUT2D eigenvalue weighted by atomic mass is 79.9. The van der Waals surface area contributed by atoms with Crippen LogP contribution in [0.1, 0.15) is 14.5 Å². The number of halogens is 1. The number of aldehydes is 1. The minimum Gasteiger partial charge on any atom is -0.297 e. The Labute approximate surface area is 93.7 Å². The number of rotatable bonds is 4. The lowest BCUT2D eigenvalue weighted by molar-refractivity contribution is 0.112. The molecule has 1 rings (SSSR count). The van der Waals surface area contributed by atoms with Gasteiger partial charge in [-0.05, 0) is 28.1 Å². The fourth-order valence-electron chi connectivity index (χ4n) is 0.750. The van der Waals surface area contributed by atoms with E-state index in [0.29, 0.717) is 0 Å². The first-order valence-electron chi connectivity index (χ1n) is 3.40. The molecule has 0 saturated carbocycles. The van der Waals surface area contributed by atoms with E-state index in [2.05, 4.69) is 29.1 Å². The first-order valence-corrected chi connectivity index (χ1v) is 5.82. The van der Waals surface area contributed by atoms with E-state index in [0.717, 1.165) is 24.8 Å². The van der Waals surface area contributed by atoms with Crippen molar-refractivity contribution in [2.75, 3.05) is 0 Å². The van der Waals surface area contributed by atoms with Crippen LogP contribution in [-0.2, 0) is 0 Å². The average Bonchev–Trinajstić information content (AvgIpc) is 2.50. The van der Waals surface area contributed by atoms with Crippen LogP contribution >= 0.6 is 39.0 Å². The molecule has 68 valence electrons. The maximum Gasteiger partial charge on any atom is 0.160 e. The topological polar surface area (TPSA) is 17.1 Å². The lowest BCUT2D eigenvalue weighted by atomic mass is 10.4. The second-order valence-corrected chi connectivity index (χ2v) is 5.99. The van der Waals surface area contributed by atoms with Crippen LogP contribution in [-0.4, -0.2) is 6.29 Å². The van der Waals surface area contributed by atoms with Gasteiger partial charge in [0, 0.05) is 13.6 Å². The third-order valence-electron chi connectivity index (χ3n) is 1.25. The second kappa shape index (κ2) is 4.79. The van der Waals surface area contributed by atoms with Gasteiger partial charge >= 0.3 is 0 Å². The molecule has 0 spiro atoms. The molecule has 0 N–H and O–H groups in total. The van der Waals surface area contributed by atoms with Crippen molar-refractivity contribution in [2.45, 2.75) is 0 Å². The Morgan fingerprint density at radius 2 is 2.23 bits per heavy atom. The van der Waals surface area contributed by atoms with Crippen molar-refractivity contribution < 1.29 is 4.79 Å². The Kier molecular flexibility index (Phi) is 3.96. The van der Waals surface area contributed by atoms with Crippen LogP contribution in [0.25, 0.3) is 4.91 Å². The molecule has 0 aromatic carbocycles. The maximum absolute atomic E-state index is 10.4. The van der Waals surface area contributed by atoms with Crippen LogP contribution < -0.4 is 0 Å². The second-order valence-electron chi connectivity index (χ2n) is 2.20. The summed E-state index contributed by atoms with van der Waals surface area (Å²) < 4.78 is 0.818. The first kappa shape index (κ1) is 10.8. The molecule has 0 atom stereocenters. The molecule has 0 bridgehead atoms. The molecule has 13 heavy (non-hydrogen) atoms. The van der Waals surface area contributed by atoms with Crippen molar-refractivity contribution in [3.05, 3.63) is 38.9 Å². The highest BCUT2D eigenvalue weighted by Crippen LogP contribution is 2.36. The van der Waals surface area contributed by atoms with E-state index in [1.54, 1.807) is 6.07 Å². The van der Waals surface area contributed by atoms with E-state index in [1.807, 2.05) is 6.07 Å². The smallest absolute Gasteiger partial charge is 0.160 e. The molecule has 0 radical (unpaired) electrons. The molecule has 0 aliphatic heterocycles. The van der Waals surface area contributed by atoms with Gasteiger partial charge in [0.2, 0.25) is 0 Å². The van der Waals surface area contributed by atoms with Gasteiger partial charge in [-0.3, -0.25) is 4.79 Å². The molecule has 0 unspecified atom stereocenters. The van der Waals surface area contributed by atoms with E-state index < -0.39 is 0 Å². The summed E-state index contributed by atoms with van der Waals surface area (Å²) in [5.41, 5.74) is 0. The normalized spacial score (nSPS) is 9.62. The van der Waals surface area contributed by atoms with Crippen molar-refractivity contribution in [3.63, 3.8) is 0 Å². The molecular formula is C9H7BrOS2. The number of hydrogen-bond donors (Lipinski definition) is 0. The third kappa shape index (κ3) is 3.14. The standard InChI is InChI=1S/C9H7BrOS2/c1-6(12-7(2)10)9-4-3-8(5-11)13-9/h3-5H,1-2H2. The molecule has 0 aliphatic rings. The average molecular weight is 275 g/mol. The van der Waals surface area contributed by atoms with Gasteiger partial charge < -0.3 is 0 Å². The van der Waals surface area contributed by atoms with E-state index in [1.165, 1.54) is 23.1 Å². The summed E-state index contributed by atoms with van der Waals surface area (Å²) in [5, 5.41) is 0. The molecule has 0 fully saturated rings. The number of carbonyl (C=O) groups excluding carboxylic acids is 1. The minimum atomic E-state index is 0.719. The van der Waals surface area contributed by atoms with Crippen molar-refractivity contribution in [1.29, 1.82) is 0 Å². The van der Waals surface area contributed by atoms with E-state index >= 15 is 0 Å². The molecule has 0 aliphatic carbocycles. The summed E-state index contributed by atoms with van der Waals surface area (Å²) in [5.74, 6) is 0. The minimum absolute atomic E-state index is 0.719. The number of thioether (sulfide) groups is 1. The predicted octanol–water partition coefficient (Wildman–Crippen LogP) is 4.13. The van der Waals surface area contributed by atoms with Gasteiger partial charge in [-0.25, -0.2) is 0 Å². The molecule has 1 aromatic rings. The molecule has 4 heteroatoms. The summed E-state index contributed by atoms with van der Waals surface area (Å²) in [6, 6.07) is 3.68. The molecule has 1 aromatic heterocycles. The van der Waals surface area contributed by atoms with Gasteiger partial charge in [-0.1, -0.05) is 24.9 Å². The van der Waals surface area contributed by atoms with E-state index in [9.17, 15) is 4.79 Å². The molecule has 1 heterocycles. The predicted molar refractivity (Wildman–Crippen MR) is 64.4 cm³/mol. The maximum atomic E-state index is 10.4. The summed E-state index contributed by atoms with van der Waals surface area (Å²) in [6.45, 7) is 7.58. The molecule has 0 saturated heterocycles. The van der Waals surface area contributed by atoms with Gasteiger partial charge in [0.15, 0.2) is 6.29 Å². The van der Waals surface area contributed by atoms with Crippen LogP contribution in [0.3, 0.4) is 0 Å². The van der Waals surface area contributed by atoms with Gasteiger partial charge in [0.1, 0.15) is 0 Å². The summed E-state index contributed by atoms with van der Waals surface area (Å²) in [6.07, 6.45) is 0.842. The van der Waals surface area contributed by atoms with Crippen molar-refractivity contribution in [1.82, 2.24) is 0 Å². The molecular weight excluding hydrogens is 268 g/mol. The summed E-state index contributed by atoms with van der Waals surface area (Å²) in [7, 11) is 0. The monoisotopic (exact) mass is 274 g/mol. The zero-order valence-corrected chi connectivity index (χ0v) is 9.97. The van der Waals surface area contributed by atoms with Gasteiger partial charge in [0.05, 0.1) is 4.88 Å². The van der Waals surface area contributed by atoms with Crippen molar-refractivity contribution in [3.8, 4) is 0 Å². The Balaban J connectivity index is 2.77. The zero-order chi connectivity index (χ0) is 9.84. The fourth-order valence-corrected chi connectivity index (χ4v) is 2.71. The van der Waals surface area contributed by atoms with Crippen LogP contribution in [0.2, 0.25) is 0 Å². The quantitative estimate of drug-likeness (QED) is 0.768. The highest BCUT2D eigenvalue weighted by Gasteiger charge is 2.04. The van der Waals surface area contributed by atoms with Gasteiger partial charge in [-0.15, -0.1) is 11.3 Å². The van der Waals surface area contributed by atoms with Gasteiger partial charge in [0.25, 0.3) is 0 Å². The van der Waals surface area contributed by atoms with E-state index in [-0.39, 0.29) is 0 Å². The zero-order valence-electron chi connectivity index (χ0n) is 6.75. The third-order valence-corrected chi connectivity index (χ3v) is 3.62. The number of thiophene rings is 1. The number of carbonyl (C=O) groups is 1. The van der Waals surface area contributed by atoms with Crippen LogP contribution in [0.4, 0.5) is 0 Å². The Morgan fingerprint density at radius 3 is 2.69 bits per heavy atom. The van der Waals surface area contributed by atoms with Crippen molar-refractivity contribution >= 4 is 50.2 Å². The first-order chi connectivity index (χ1) is 6.13. The highest BCUT2D eigenvalue weighted by molar-refractivity contribution is 9.14. The fraction of sp³-hybridized carbons (Fsp3) is 0. The summed E-state index contributed by atoms with van der Waals surface area (Å²) in [4.78, 5) is 13.0. The lowest BCUT2D eigenvalue weighted by Crippen LogP contribution is -1.67. The summed E-state index contributed by atoms with van der Waals surface area (Å²) >= 11 is 6.13. The Hall–Kier alpha value is -0.320. The lowest BCUT2D eigenvalue weighted by Gasteiger charge is -1.98. The Bertz CT molecular complexity index is 354. The van der Waals surface area contributed by atoms with Crippen LogP contribution in [0, 0.1) is 0 Å². The number of hydrogen-bond acceptors (Lipinski definition) is 3. The molecule has 0 amide bonds. The van der Waals surface area contributed by atoms with Crippen LogP contribution in [0.5, 0.6) is 0 Å². The van der Waals surface area contributed by atoms with E-state index in [4.69, 9.17) is 0 Å². The molecule has 1 nitrogen and oxygen atoms in total. The largest absolute Gasteiger partial charge is 0.297 e.